The van der Waals surface area contributed by atoms with Crippen LogP contribution < -0.4 is 5.32 Å². The van der Waals surface area contributed by atoms with Gasteiger partial charge in [-0.1, -0.05) is 6.07 Å². The molecule has 1 aromatic heterocycles. The molecule has 1 atom stereocenters. The Morgan fingerprint density at radius 2 is 1.83 bits per heavy atom. The molecule has 2 aromatic rings. The second-order valence-corrected chi connectivity index (χ2v) is 5.70. The predicted molar refractivity (Wildman–Crippen MR) is 88.5 cm³/mol. The summed E-state index contributed by atoms with van der Waals surface area (Å²) in [5, 5.41) is 15.8. The van der Waals surface area contributed by atoms with Crippen LogP contribution in [0.4, 0.5) is 0 Å². The minimum atomic E-state index is -1.13. The van der Waals surface area contributed by atoms with Gasteiger partial charge in [0.05, 0.1) is 12.2 Å². The van der Waals surface area contributed by atoms with Gasteiger partial charge in [0.15, 0.2) is 11.8 Å². The van der Waals surface area contributed by atoms with Crippen molar-refractivity contribution in [1.29, 1.82) is 0 Å². The standard InChI is InChI=1S/C17H21N3O4/c1-10-5-11(2)7-13(6-10)20-12(3)8-14(19-20)16(21)18-9-15(24-4)17(22)23/h5-8,15H,9H2,1-4H3,(H,18,21)(H,22,23). The van der Waals surface area contributed by atoms with Crippen molar-refractivity contribution in [2.24, 2.45) is 0 Å². The predicted octanol–water partition coefficient (Wildman–Crippen LogP) is 1.63. The maximum absolute atomic E-state index is 12.2. The van der Waals surface area contributed by atoms with Crippen molar-refractivity contribution in [2.45, 2.75) is 26.9 Å². The number of rotatable bonds is 6. The molecule has 7 nitrogen and oxygen atoms in total. The van der Waals surface area contributed by atoms with Crippen LogP contribution in [0.5, 0.6) is 0 Å². The van der Waals surface area contributed by atoms with Crippen LogP contribution >= 0.6 is 0 Å². The molecule has 0 bridgehead atoms. The largest absolute Gasteiger partial charge is 0.479 e. The number of hydrogen-bond acceptors (Lipinski definition) is 4. The molecule has 1 unspecified atom stereocenters. The van der Waals surface area contributed by atoms with Gasteiger partial charge in [0.1, 0.15) is 0 Å². The lowest BCUT2D eigenvalue weighted by Gasteiger charge is -2.10. The van der Waals surface area contributed by atoms with Crippen molar-refractivity contribution in [3.8, 4) is 5.69 Å². The highest BCUT2D eigenvalue weighted by atomic mass is 16.5. The van der Waals surface area contributed by atoms with E-state index in [0.29, 0.717) is 0 Å². The number of carbonyl (C=O) groups is 2. The first-order valence-electron chi connectivity index (χ1n) is 7.51. The molecule has 128 valence electrons. The van der Waals surface area contributed by atoms with Gasteiger partial charge in [-0.3, -0.25) is 4.79 Å². The van der Waals surface area contributed by atoms with Gasteiger partial charge in [0.2, 0.25) is 0 Å². The van der Waals surface area contributed by atoms with Crippen molar-refractivity contribution < 1.29 is 19.4 Å². The quantitative estimate of drug-likeness (QED) is 0.839. The van der Waals surface area contributed by atoms with Crippen LogP contribution in [0, 0.1) is 20.8 Å². The third-order valence-electron chi connectivity index (χ3n) is 3.58. The van der Waals surface area contributed by atoms with Gasteiger partial charge in [-0.05, 0) is 50.1 Å². The molecule has 0 aliphatic rings. The lowest BCUT2D eigenvalue weighted by Crippen LogP contribution is -2.38. The fourth-order valence-corrected chi connectivity index (χ4v) is 2.47. The molecule has 0 aliphatic heterocycles. The molecule has 0 saturated heterocycles. The van der Waals surface area contributed by atoms with E-state index in [-0.39, 0.29) is 12.2 Å². The van der Waals surface area contributed by atoms with Crippen LogP contribution in [-0.4, -0.2) is 46.5 Å². The molecule has 0 fully saturated rings. The maximum atomic E-state index is 12.2. The van der Waals surface area contributed by atoms with Gasteiger partial charge >= 0.3 is 5.97 Å². The van der Waals surface area contributed by atoms with E-state index in [4.69, 9.17) is 9.84 Å². The number of methoxy groups -OCH3 is 1. The van der Waals surface area contributed by atoms with E-state index in [1.165, 1.54) is 7.11 Å². The number of nitrogens with one attached hydrogen (secondary N) is 1. The van der Waals surface area contributed by atoms with Crippen molar-refractivity contribution in [3.05, 3.63) is 46.8 Å². The monoisotopic (exact) mass is 331 g/mol. The second kappa shape index (κ2) is 7.27. The number of aromatic nitrogens is 2. The van der Waals surface area contributed by atoms with Gasteiger partial charge in [0, 0.05) is 12.8 Å². The summed E-state index contributed by atoms with van der Waals surface area (Å²) in [6.45, 7) is 5.73. The summed E-state index contributed by atoms with van der Waals surface area (Å²) in [6, 6.07) is 7.70. The van der Waals surface area contributed by atoms with Crippen molar-refractivity contribution in [1.82, 2.24) is 15.1 Å². The Hall–Kier alpha value is -2.67. The first-order chi connectivity index (χ1) is 11.3. The number of nitrogens with zero attached hydrogens (tertiary/aromatic N) is 2. The molecule has 1 aromatic carbocycles. The van der Waals surface area contributed by atoms with Crippen LogP contribution in [0.25, 0.3) is 5.69 Å². The Bertz CT molecular complexity index is 747. The van der Waals surface area contributed by atoms with E-state index in [1.54, 1.807) is 10.7 Å². The highest BCUT2D eigenvalue weighted by molar-refractivity contribution is 5.92. The highest BCUT2D eigenvalue weighted by Gasteiger charge is 2.19. The average molecular weight is 331 g/mol. The first-order valence-corrected chi connectivity index (χ1v) is 7.51. The normalized spacial score (nSPS) is 12.0. The molecule has 1 heterocycles. The van der Waals surface area contributed by atoms with Gasteiger partial charge in [-0.25, -0.2) is 9.48 Å². The third-order valence-corrected chi connectivity index (χ3v) is 3.58. The molecular formula is C17H21N3O4. The fourth-order valence-electron chi connectivity index (χ4n) is 2.47. The summed E-state index contributed by atoms with van der Waals surface area (Å²) in [7, 11) is 1.28. The summed E-state index contributed by atoms with van der Waals surface area (Å²) in [5.41, 5.74) is 4.13. The Morgan fingerprint density at radius 1 is 1.21 bits per heavy atom. The van der Waals surface area contributed by atoms with Crippen LogP contribution in [0.3, 0.4) is 0 Å². The molecule has 7 heteroatoms. The minimum Gasteiger partial charge on any atom is -0.479 e. The Balaban J connectivity index is 2.19. The molecule has 24 heavy (non-hydrogen) atoms. The zero-order chi connectivity index (χ0) is 17.9. The SMILES string of the molecule is COC(CNC(=O)c1cc(C)n(-c2cc(C)cc(C)c2)n1)C(=O)O. The van der Waals surface area contributed by atoms with E-state index < -0.39 is 18.0 Å². The molecule has 0 saturated carbocycles. The first kappa shape index (κ1) is 17.7. The van der Waals surface area contributed by atoms with E-state index in [0.717, 1.165) is 22.5 Å². The van der Waals surface area contributed by atoms with Crippen LogP contribution in [0.1, 0.15) is 27.3 Å². The Kier molecular flexibility index (Phi) is 5.35. The van der Waals surface area contributed by atoms with Crippen LogP contribution in [0.15, 0.2) is 24.3 Å². The lowest BCUT2D eigenvalue weighted by atomic mass is 10.1. The number of carboxylic acid groups (broad SMARTS) is 1. The van der Waals surface area contributed by atoms with Crippen molar-refractivity contribution >= 4 is 11.9 Å². The smallest absolute Gasteiger partial charge is 0.334 e. The van der Waals surface area contributed by atoms with Crippen molar-refractivity contribution in [3.63, 3.8) is 0 Å². The van der Waals surface area contributed by atoms with Crippen LogP contribution in [-0.2, 0) is 9.53 Å². The van der Waals surface area contributed by atoms with E-state index >= 15 is 0 Å². The molecule has 0 radical (unpaired) electrons. The average Bonchev–Trinajstić information content (AvgIpc) is 2.88. The molecular weight excluding hydrogens is 310 g/mol. The Labute approximate surface area is 140 Å². The highest BCUT2D eigenvalue weighted by Crippen LogP contribution is 2.16. The maximum Gasteiger partial charge on any atom is 0.334 e. The zero-order valence-corrected chi connectivity index (χ0v) is 14.2. The molecule has 1 amide bonds. The Morgan fingerprint density at radius 3 is 2.38 bits per heavy atom. The molecule has 0 aliphatic carbocycles. The number of carboxylic acids is 1. The van der Waals surface area contributed by atoms with E-state index in [1.807, 2.05) is 32.9 Å². The van der Waals surface area contributed by atoms with Gasteiger partial charge in [0.25, 0.3) is 5.91 Å². The van der Waals surface area contributed by atoms with Gasteiger partial charge < -0.3 is 15.2 Å². The van der Waals surface area contributed by atoms with E-state index in [9.17, 15) is 9.59 Å². The summed E-state index contributed by atoms with van der Waals surface area (Å²) in [4.78, 5) is 23.1. The van der Waals surface area contributed by atoms with E-state index in [2.05, 4.69) is 16.5 Å². The third kappa shape index (κ3) is 3.99. The summed E-state index contributed by atoms with van der Waals surface area (Å²) in [5.74, 6) is -1.57. The number of carbonyl (C=O) groups excluding carboxylic acids is 1. The topological polar surface area (TPSA) is 93.5 Å². The van der Waals surface area contributed by atoms with Crippen LogP contribution in [0.2, 0.25) is 0 Å². The summed E-state index contributed by atoms with van der Waals surface area (Å²) in [6.07, 6.45) is -1.09. The molecule has 2 N–H and O–H groups in total. The summed E-state index contributed by atoms with van der Waals surface area (Å²) >= 11 is 0. The molecule has 2 rings (SSSR count). The zero-order valence-electron chi connectivity index (χ0n) is 14.2. The summed E-state index contributed by atoms with van der Waals surface area (Å²) < 4.78 is 6.48. The number of aryl methyl sites for hydroxylation is 3. The van der Waals surface area contributed by atoms with Crippen molar-refractivity contribution in [2.75, 3.05) is 13.7 Å². The number of benzene rings is 1. The van der Waals surface area contributed by atoms with Gasteiger partial charge in [-0.15, -0.1) is 0 Å². The number of aliphatic carboxylic acids is 1. The fraction of sp³-hybridized carbons (Fsp3) is 0.353. The molecule has 0 spiro atoms. The van der Waals surface area contributed by atoms with Gasteiger partial charge in [-0.2, -0.15) is 5.10 Å². The second-order valence-electron chi connectivity index (χ2n) is 5.70. The number of hydrogen-bond donors (Lipinski definition) is 2. The number of amides is 1. The number of ether oxygens (including phenoxy) is 1. The lowest BCUT2D eigenvalue weighted by molar-refractivity contribution is -0.148. The minimum absolute atomic E-state index is 0.125.